The van der Waals surface area contributed by atoms with Crippen LogP contribution in [-0.4, -0.2) is 18.9 Å². The number of carbonyl (C=O) groups is 1. The van der Waals surface area contributed by atoms with Crippen molar-refractivity contribution in [1.82, 2.24) is 4.57 Å². The van der Waals surface area contributed by atoms with Gasteiger partial charge in [0.05, 0.1) is 21.7 Å². The van der Waals surface area contributed by atoms with E-state index < -0.39 is 27.6 Å². The number of hydrogen-bond acceptors (Lipinski definition) is 4. The van der Waals surface area contributed by atoms with E-state index in [0.717, 1.165) is 29.0 Å². The van der Waals surface area contributed by atoms with Crippen molar-refractivity contribution in [2.24, 2.45) is 4.99 Å². The maximum absolute atomic E-state index is 14.3. The van der Waals surface area contributed by atoms with E-state index in [2.05, 4.69) is 15.6 Å². The van der Waals surface area contributed by atoms with Crippen LogP contribution in [0.25, 0.3) is 10.2 Å². The lowest BCUT2D eigenvalue weighted by Crippen LogP contribution is -2.17. The van der Waals surface area contributed by atoms with Gasteiger partial charge in [0, 0.05) is 17.3 Å². The topological polar surface area (TPSA) is 80.5 Å². The van der Waals surface area contributed by atoms with Crippen LogP contribution < -0.4 is 9.52 Å². The molecule has 0 atom stereocenters. The zero-order valence-corrected chi connectivity index (χ0v) is 19.4. The van der Waals surface area contributed by atoms with E-state index in [1.807, 2.05) is 6.92 Å². The van der Waals surface area contributed by atoms with Crippen LogP contribution in [0.4, 0.5) is 14.5 Å². The summed E-state index contributed by atoms with van der Waals surface area (Å²) in [6.07, 6.45) is 5.37. The first-order valence-electron chi connectivity index (χ1n) is 9.88. The highest BCUT2D eigenvalue weighted by Crippen LogP contribution is 2.23. The van der Waals surface area contributed by atoms with Gasteiger partial charge in [-0.25, -0.2) is 17.2 Å². The third-order valence-electron chi connectivity index (χ3n) is 4.86. The summed E-state index contributed by atoms with van der Waals surface area (Å²) in [4.78, 5) is 17.0. The van der Waals surface area contributed by atoms with Crippen LogP contribution in [0.2, 0.25) is 0 Å². The number of carbonyl (C=O) groups excluding carboxylic acids is 1. The van der Waals surface area contributed by atoms with E-state index in [1.165, 1.54) is 41.0 Å². The number of fused-ring (bicyclic) bond motifs is 1. The van der Waals surface area contributed by atoms with Gasteiger partial charge in [0.1, 0.15) is 5.82 Å². The van der Waals surface area contributed by atoms with Gasteiger partial charge >= 0.3 is 0 Å². The number of hydrogen-bond donors (Lipinski definition) is 1. The summed E-state index contributed by atoms with van der Waals surface area (Å²) >= 11 is 0.933. The predicted octanol–water partition coefficient (Wildman–Crippen LogP) is 4.46. The fraction of sp³-hybridized carbons (Fsp3) is 0.0833. The molecule has 1 N–H and O–H groups in total. The summed E-state index contributed by atoms with van der Waals surface area (Å²) in [6.45, 7) is 1.79. The Kier molecular flexibility index (Phi) is 6.32. The monoisotopic (exact) mass is 497 g/mol. The second kappa shape index (κ2) is 9.21. The van der Waals surface area contributed by atoms with Gasteiger partial charge in [-0.05, 0) is 49.4 Å². The first-order chi connectivity index (χ1) is 16.2. The van der Waals surface area contributed by atoms with E-state index in [0.29, 0.717) is 0 Å². The molecule has 0 unspecified atom stereocenters. The zero-order valence-electron chi connectivity index (χ0n) is 17.7. The molecule has 3 aromatic carbocycles. The molecule has 4 rings (SSSR count). The Morgan fingerprint density at radius 1 is 1.12 bits per heavy atom. The molecule has 6 nitrogen and oxygen atoms in total. The Balaban J connectivity index is 1.63. The minimum Gasteiger partial charge on any atom is -0.302 e. The van der Waals surface area contributed by atoms with Crippen molar-refractivity contribution < 1.29 is 22.0 Å². The third kappa shape index (κ3) is 4.76. The van der Waals surface area contributed by atoms with Crippen molar-refractivity contribution >= 4 is 43.2 Å². The van der Waals surface area contributed by atoms with Crippen molar-refractivity contribution in [3.63, 3.8) is 0 Å². The maximum Gasteiger partial charge on any atom is 0.279 e. The fourth-order valence-corrected chi connectivity index (χ4v) is 5.34. The first-order valence-corrected chi connectivity index (χ1v) is 12.2. The number of amides is 1. The third-order valence-corrected chi connectivity index (χ3v) is 7.28. The van der Waals surface area contributed by atoms with Gasteiger partial charge in [0.15, 0.2) is 10.6 Å². The van der Waals surface area contributed by atoms with E-state index in [-0.39, 0.29) is 37.7 Å². The Hall–Kier alpha value is -3.81. The van der Waals surface area contributed by atoms with Crippen LogP contribution in [0.3, 0.4) is 0 Å². The number of nitrogens with zero attached hydrogens (tertiary/aromatic N) is 2. The second-order valence-electron chi connectivity index (χ2n) is 7.32. The van der Waals surface area contributed by atoms with Gasteiger partial charge in [-0.2, -0.15) is 4.99 Å². The molecule has 0 saturated heterocycles. The summed E-state index contributed by atoms with van der Waals surface area (Å²) in [7, 11) is -3.79. The number of anilines is 1. The molecule has 0 aliphatic rings. The molecule has 34 heavy (non-hydrogen) atoms. The van der Waals surface area contributed by atoms with Gasteiger partial charge in [0.25, 0.3) is 15.9 Å². The van der Waals surface area contributed by atoms with Crippen molar-refractivity contribution in [2.75, 3.05) is 4.72 Å². The first kappa shape index (κ1) is 23.4. The minimum absolute atomic E-state index is 0.0611. The lowest BCUT2D eigenvalue weighted by Gasteiger charge is -2.08. The van der Waals surface area contributed by atoms with Crippen molar-refractivity contribution in [3.05, 3.63) is 88.2 Å². The molecule has 1 heterocycles. The quantitative estimate of drug-likeness (QED) is 0.414. The number of thiazole rings is 1. The van der Waals surface area contributed by atoms with Crippen molar-refractivity contribution in [1.29, 1.82) is 0 Å². The van der Waals surface area contributed by atoms with Crippen LogP contribution >= 0.6 is 11.3 Å². The predicted molar refractivity (Wildman–Crippen MR) is 127 cm³/mol. The van der Waals surface area contributed by atoms with Crippen LogP contribution in [-0.2, 0) is 16.6 Å². The van der Waals surface area contributed by atoms with Gasteiger partial charge < -0.3 is 4.57 Å². The van der Waals surface area contributed by atoms with E-state index in [1.54, 1.807) is 12.1 Å². The largest absolute Gasteiger partial charge is 0.302 e. The van der Waals surface area contributed by atoms with Crippen LogP contribution in [0, 0.1) is 30.9 Å². The average molecular weight is 498 g/mol. The number of terminal acetylenes is 1. The number of sulfonamides is 1. The van der Waals surface area contributed by atoms with E-state index >= 15 is 0 Å². The van der Waals surface area contributed by atoms with Gasteiger partial charge in [-0.15, -0.1) is 6.42 Å². The maximum atomic E-state index is 14.3. The Bertz CT molecular complexity index is 1610. The molecule has 4 aromatic rings. The number of aromatic nitrogens is 1. The Labute approximate surface area is 198 Å². The van der Waals surface area contributed by atoms with Crippen molar-refractivity contribution in [2.45, 2.75) is 18.4 Å². The standard InChI is InChI=1S/C24H17F2N3O3S2/c1-3-12-29-22-20(26)13-17(25)14-21(22)33-24(29)27-23(30)16-6-8-18(9-7-16)28-34(31,32)19-10-4-15(2)5-11-19/h1,4-11,13-14,28H,12H2,2H3. The molecule has 172 valence electrons. The van der Waals surface area contributed by atoms with Crippen LogP contribution in [0.1, 0.15) is 15.9 Å². The SMILES string of the molecule is C#CCn1c(=NC(=O)c2ccc(NS(=O)(=O)c3ccc(C)cc3)cc2)sc2cc(F)cc(F)c21. The highest BCUT2D eigenvalue weighted by molar-refractivity contribution is 7.92. The summed E-state index contributed by atoms with van der Waals surface area (Å²) < 4.78 is 57.0. The van der Waals surface area contributed by atoms with Crippen LogP contribution in [0.15, 0.2) is 70.6 Å². The molecule has 10 heteroatoms. The number of nitrogens with one attached hydrogen (secondary N) is 1. The summed E-state index contributed by atoms with van der Waals surface area (Å²) in [5.41, 5.74) is 1.44. The number of halogens is 2. The normalized spacial score (nSPS) is 12.0. The van der Waals surface area contributed by atoms with E-state index in [9.17, 15) is 22.0 Å². The molecule has 0 fully saturated rings. The highest BCUT2D eigenvalue weighted by atomic mass is 32.2. The van der Waals surface area contributed by atoms with Crippen molar-refractivity contribution in [3.8, 4) is 12.3 Å². The van der Waals surface area contributed by atoms with E-state index in [4.69, 9.17) is 6.42 Å². The molecule has 0 spiro atoms. The Morgan fingerprint density at radius 2 is 1.79 bits per heavy atom. The van der Waals surface area contributed by atoms with Gasteiger partial charge in [0.2, 0.25) is 0 Å². The summed E-state index contributed by atoms with van der Waals surface area (Å²) in [5.74, 6) is 0.174. The van der Waals surface area contributed by atoms with Gasteiger partial charge in [-0.1, -0.05) is 35.0 Å². The number of benzene rings is 3. The molecule has 0 aliphatic heterocycles. The lowest BCUT2D eigenvalue weighted by atomic mass is 10.2. The average Bonchev–Trinajstić information content (AvgIpc) is 3.11. The molecular weight excluding hydrogens is 480 g/mol. The second-order valence-corrected chi connectivity index (χ2v) is 10.0. The lowest BCUT2D eigenvalue weighted by molar-refractivity contribution is 0.0998. The molecule has 0 aliphatic carbocycles. The Morgan fingerprint density at radius 3 is 2.44 bits per heavy atom. The molecule has 0 bridgehead atoms. The van der Waals surface area contributed by atoms with Gasteiger partial charge in [-0.3, -0.25) is 9.52 Å². The smallest absolute Gasteiger partial charge is 0.279 e. The zero-order chi connectivity index (χ0) is 24.5. The van der Waals surface area contributed by atoms with Crippen LogP contribution in [0.5, 0.6) is 0 Å². The summed E-state index contributed by atoms with van der Waals surface area (Å²) in [5, 5.41) is 0. The number of rotatable bonds is 5. The molecule has 0 saturated carbocycles. The molecule has 0 radical (unpaired) electrons. The molecular formula is C24H17F2N3O3S2. The highest BCUT2D eigenvalue weighted by Gasteiger charge is 2.16. The molecule has 1 amide bonds. The number of aryl methyl sites for hydroxylation is 1. The fourth-order valence-electron chi connectivity index (χ4n) is 3.22. The summed E-state index contributed by atoms with van der Waals surface area (Å²) in [6, 6.07) is 14.0. The minimum atomic E-state index is -3.79. The molecule has 1 aromatic heterocycles.